The van der Waals surface area contributed by atoms with Crippen LogP contribution in [0.4, 0.5) is 0 Å². The van der Waals surface area contributed by atoms with E-state index >= 15 is 0 Å². The number of nitrogens with zero attached hydrogens (tertiary/aromatic N) is 2. The maximum atomic E-state index is 12.3. The topological polar surface area (TPSA) is 109 Å². The molecule has 2 aromatic carbocycles. The number of hydrogen-bond acceptors (Lipinski definition) is 4. The van der Waals surface area contributed by atoms with Gasteiger partial charge in [0.1, 0.15) is 0 Å². The van der Waals surface area contributed by atoms with E-state index in [4.69, 9.17) is 10.2 Å². The lowest BCUT2D eigenvalue weighted by Gasteiger charge is -2.39. The Kier molecular flexibility index (Phi) is 35.8. The summed E-state index contributed by atoms with van der Waals surface area (Å²) in [5.41, 5.74) is -0.0367. The number of sulfone groups is 1. The molecule has 0 aromatic heterocycles. The van der Waals surface area contributed by atoms with Gasteiger partial charge in [0.15, 0.2) is 0 Å². The van der Waals surface area contributed by atoms with Gasteiger partial charge in [0.2, 0.25) is 9.84 Å². The molecule has 0 amide bonds. The molecule has 0 aliphatic carbocycles. The Bertz CT molecular complexity index is 1310. The van der Waals surface area contributed by atoms with Crippen LogP contribution in [-0.4, -0.2) is 91.9 Å². The molecule has 0 saturated carbocycles. The summed E-state index contributed by atoms with van der Waals surface area (Å²) >= 11 is 0. The van der Waals surface area contributed by atoms with Gasteiger partial charge in [-0.2, -0.15) is 0 Å². The highest BCUT2D eigenvalue weighted by Crippen LogP contribution is 2.23. The van der Waals surface area contributed by atoms with Gasteiger partial charge in [0.05, 0.1) is 73.3 Å². The third kappa shape index (κ3) is 26.7. The van der Waals surface area contributed by atoms with Gasteiger partial charge in [-0.1, -0.05) is 107 Å². The quantitative estimate of drug-likeness (QED) is 0.0521. The minimum Gasteiger partial charge on any atom is -0.478 e. The summed E-state index contributed by atoms with van der Waals surface area (Å²) in [7, 11) is -3.81. The number of carboxylic acid groups (broad SMARTS) is 2. The molecular weight excluding hydrogens is 805 g/mol. The molecule has 0 radical (unpaired) electrons. The van der Waals surface area contributed by atoms with Gasteiger partial charge < -0.3 is 19.2 Å². The molecule has 0 aliphatic heterocycles. The standard InChI is InChI=1S/2C20H44N.C14H10O6S/c2*1-5-9-13-17-21(18-14-10-6-2,19-15-11-7-3)20-16-12-8-4;15-13(16)9-1-5-11(6-2-9)21(19,20)12-7-3-10(4-8-12)14(17)18/h2*5-20H2,1-4H3;1-8H,(H,15,16)(H,17,18)/q2*+1;. The normalized spacial score (nSPS) is 11.7. The highest BCUT2D eigenvalue weighted by molar-refractivity contribution is 7.91. The van der Waals surface area contributed by atoms with Crippen molar-refractivity contribution in [3.63, 3.8) is 0 Å². The third-order valence-corrected chi connectivity index (χ3v) is 14.5. The van der Waals surface area contributed by atoms with Gasteiger partial charge in [-0.05, 0) is 151 Å². The van der Waals surface area contributed by atoms with Crippen molar-refractivity contribution in [2.75, 3.05) is 52.4 Å². The van der Waals surface area contributed by atoms with E-state index < -0.39 is 21.8 Å². The van der Waals surface area contributed by atoms with E-state index in [0.29, 0.717) is 0 Å². The fourth-order valence-corrected chi connectivity index (χ4v) is 9.87. The molecule has 2 N–H and O–H groups in total. The molecule has 0 fully saturated rings. The minimum atomic E-state index is -3.81. The van der Waals surface area contributed by atoms with Crippen molar-refractivity contribution < 1.29 is 37.2 Å². The van der Waals surface area contributed by atoms with Crippen molar-refractivity contribution in [2.24, 2.45) is 0 Å². The van der Waals surface area contributed by atoms with E-state index in [-0.39, 0.29) is 20.9 Å². The Morgan fingerprint density at radius 3 is 0.667 bits per heavy atom. The molecule has 8 nitrogen and oxygen atoms in total. The molecule has 0 unspecified atom stereocenters. The number of unbranched alkanes of at least 4 members (excludes halogenated alkanes) is 16. The average Bonchev–Trinajstić information content (AvgIpc) is 3.27. The van der Waals surface area contributed by atoms with Crippen molar-refractivity contribution in [3.8, 4) is 0 Å². The van der Waals surface area contributed by atoms with E-state index in [1.807, 2.05) is 0 Å². The van der Waals surface area contributed by atoms with Crippen LogP contribution in [0.5, 0.6) is 0 Å². The summed E-state index contributed by atoms with van der Waals surface area (Å²) in [6.07, 6.45) is 33.8. The zero-order chi connectivity index (χ0) is 47.2. The van der Waals surface area contributed by atoms with Crippen LogP contribution in [0.1, 0.15) is 230 Å². The fourth-order valence-electron chi connectivity index (χ4n) is 8.61. The first-order chi connectivity index (χ1) is 30.3. The number of carboxylic acids is 2. The van der Waals surface area contributed by atoms with Crippen LogP contribution in [0, 0.1) is 0 Å². The van der Waals surface area contributed by atoms with Gasteiger partial charge in [0.25, 0.3) is 0 Å². The minimum absolute atomic E-state index is 0.0184. The predicted molar refractivity (Wildman–Crippen MR) is 268 cm³/mol. The van der Waals surface area contributed by atoms with Crippen LogP contribution < -0.4 is 0 Å². The molecule has 0 bridgehead atoms. The van der Waals surface area contributed by atoms with Crippen molar-refractivity contribution in [1.82, 2.24) is 0 Å². The first-order valence-corrected chi connectivity index (χ1v) is 27.4. The number of aromatic carboxylic acids is 2. The Morgan fingerprint density at radius 1 is 0.349 bits per heavy atom. The summed E-state index contributed by atoms with van der Waals surface area (Å²) in [5.74, 6) is -2.30. The highest BCUT2D eigenvalue weighted by Gasteiger charge is 2.27. The van der Waals surface area contributed by atoms with E-state index in [1.165, 1.54) is 264 Å². The van der Waals surface area contributed by atoms with Gasteiger partial charge in [-0.25, -0.2) is 18.0 Å². The fraction of sp³-hybridized carbons (Fsp3) is 0.741. The van der Waals surface area contributed by atoms with E-state index in [1.54, 1.807) is 0 Å². The van der Waals surface area contributed by atoms with Crippen LogP contribution in [-0.2, 0) is 9.84 Å². The van der Waals surface area contributed by atoms with Crippen LogP contribution in [0.2, 0.25) is 0 Å². The monoisotopic (exact) mass is 903 g/mol. The van der Waals surface area contributed by atoms with Gasteiger partial charge in [0, 0.05) is 0 Å². The lowest BCUT2D eigenvalue weighted by Crippen LogP contribution is -2.50. The Labute approximate surface area is 388 Å². The lowest BCUT2D eigenvalue weighted by molar-refractivity contribution is -0.929. The zero-order valence-electron chi connectivity index (χ0n) is 42.1. The molecule has 63 heavy (non-hydrogen) atoms. The van der Waals surface area contributed by atoms with Gasteiger partial charge >= 0.3 is 11.9 Å². The number of carbonyl (C=O) groups is 2. The van der Waals surface area contributed by atoms with Crippen LogP contribution in [0.15, 0.2) is 58.3 Å². The molecule has 0 aliphatic rings. The second kappa shape index (κ2) is 37.5. The van der Waals surface area contributed by atoms with Crippen LogP contribution >= 0.6 is 0 Å². The molecule has 2 rings (SSSR count). The van der Waals surface area contributed by atoms with Gasteiger partial charge in [-0.15, -0.1) is 0 Å². The SMILES string of the molecule is CCCCC[N+](CCCCC)(CCCCC)CCCCC.CCCCC[N+](CCCCC)(CCCCC)CCCCC.O=C(O)c1ccc(S(=O)(=O)c2ccc(C(=O)O)cc2)cc1. The number of hydrogen-bond donors (Lipinski definition) is 2. The Morgan fingerprint density at radius 2 is 0.524 bits per heavy atom. The first kappa shape index (κ1) is 60.2. The molecule has 0 saturated heterocycles. The molecule has 0 heterocycles. The van der Waals surface area contributed by atoms with E-state index in [0.717, 1.165) is 0 Å². The second-order valence-electron chi connectivity index (χ2n) is 18.3. The number of rotatable bonds is 36. The molecule has 9 heteroatoms. The van der Waals surface area contributed by atoms with Crippen LogP contribution in [0.25, 0.3) is 0 Å². The maximum absolute atomic E-state index is 12.3. The first-order valence-electron chi connectivity index (χ1n) is 25.9. The van der Waals surface area contributed by atoms with Crippen molar-refractivity contribution in [1.29, 1.82) is 0 Å². The smallest absolute Gasteiger partial charge is 0.335 e. The second-order valence-corrected chi connectivity index (χ2v) is 20.2. The van der Waals surface area contributed by atoms with Crippen molar-refractivity contribution >= 4 is 21.8 Å². The summed E-state index contributed by atoms with van der Waals surface area (Å²) in [6, 6.07) is 9.57. The third-order valence-electron chi connectivity index (χ3n) is 12.7. The molecule has 0 atom stereocenters. The molecule has 0 spiro atoms. The average molecular weight is 903 g/mol. The molecule has 2 aromatic rings. The molecular formula is C54H98N2O6S+2. The van der Waals surface area contributed by atoms with Gasteiger partial charge in [-0.3, -0.25) is 0 Å². The zero-order valence-corrected chi connectivity index (χ0v) is 42.9. The largest absolute Gasteiger partial charge is 0.478 e. The molecule has 364 valence electrons. The maximum Gasteiger partial charge on any atom is 0.335 e. The number of quaternary nitrogens is 2. The Balaban J connectivity index is 0.000000915. The summed E-state index contributed by atoms with van der Waals surface area (Å²) < 4.78 is 27.5. The lowest BCUT2D eigenvalue weighted by atomic mass is 10.1. The van der Waals surface area contributed by atoms with Crippen molar-refractivity contribution in [2.45, 2.75) is 219 Å². The number of benzene rings is 2. The van der Waals surface area contributed by atoms with E-state index in [2.05, 4.69) is 55.4 Å². The Hall–Kier alpha value is -2.75. The summed E-state index contributed by atoms with van der Waals surface area (Å²) in [6.45, 7) is 30.3. The predicted octanol–water partition coefficient (Wildman–Crippen LogP) is 15.0. The van der Waals surface area contributed by atoms with Crippen LogP contribution in [0.3, 0.4) is 0 Å². The van der Waals surface area contributed by atoms with Crippen molar-refractivity contribution in [3.05, 3.63) is 59.7 Å². The summed E-state index contributed by atoms with van der Waals surface area (Å²) in [5, 5.41) is 17.5. The summed E-state index contributed by atoms with van der Waals surface area (Å²) in [4.78, 5) is 21.3. The highest BCUT2D eigenvalue weighted by atomic mass is 32.2. The van der Waals surface area contributed by atoms with E-state index in [9.17, 15) is 18.0 Å².